The molecule has 2 aliphatic heterocycles. The van der Waals surface area contributed by atoms with Crippen LogP contribution in [0.3, 0.4) is 0 Å². The summed E-state index contributed by atoms with van der Waals surface area (Å²) in [4.78, 5) is 30.2. The maximum atomic E-state index is 12.0. The minimum Gasteiger partial charge on any atom is -0.379 e. The molecule has 4 nitrogen and oxygen atoms in total. The van der Waals surface area contributed by atoms with E-state index in [1.54, 1.807) is 6.20 Å². The van der Waals surface area contributed by atoms with Gasteiger partial charge in [0.15, 0.2) is 5.78 Å². The lowest BCUT2D eigenvalue weighted by Gasteiger charge is -2.35. The average Bonchev–Trinajstić information content (AvgIpc) is 2.53. The first-order valence-electron chi connectivity index (χ1n) is 5.84. The fraction of sp³-hybridized carbons (Fsp3) is 0.462. The van der Waals surface area contributed by atoms with Gasteiger partial charge in [0.05, 0.1) is 5.41 Å². The van der Waals surface area contributed by atoms with Gasteiger partial charge >= 0.3 is 0 Å². The molecule has 3 aliphatic rings. The third kappa shape index (κ3) is 1.40. The summed E-state index contributed by atoms with van der Waals surface area (Å²) < 4.78 is 0. The molecule has 17 heavy (non-hydrogen) atoms. The number of hydrogen-bond acceptors (Lipinski definition) is 4. The van der Waals surface area contributed by atoms with Crippen molar-refractivity contribution in [3.8, 4) is 0 Å². The van der Waals surface area contributed by atoms with E-state index in [1.165, 1.54) is 6.08 Å². The molecule has 0 N–H and O–H groups in total. The minimum absolute atomic E-state index is 0.0113. The number of nitrogens with zero attached hydrogens (tertiary/aromatic N) is 2. The molecule has 0 amide bonds. The second kappa shape index (κ2) is 3.39. The van der Waals surface area contributed by atoms with Crippen molar-refractivity contribution in [3.05, 3.63) is 24.0 Å². The second-order valence-corrected chi connectivity index (χ2v) is 5.01. The molecule has 0 saturated heterocycles. The van der Waals surface area contributed by atoms with Crippen LogP contribution in [0, 0.1) is 5.41 Å². The number of Topliss-reactive ketones (excluding diaryl/α,β-unsaturated/α-hetero) is 1. The van der Waals surface area contributed by atoms with Gasteiger partial charge in [-0.2, -0.15) is 0 Å². The van der Waals surface area contributed by atoms with Crippen LogP contribution in [0.2, 0.25) is 0 Å². The third-order valence-electron chi connectivity index (χ3n) is 3.80. The Labute approximate surface area is 99.7 Å². The number of carbonyl (C=O) groups excluding carboxylic acids is 2. The van der Waals surface area contributed by atoms with Gasteiger partial charge in [0.1, 0.15) is 5.78 Å². The predicted octanol–water partition coefficient (Wildman–Crippen LogP) is 1.09. The molecular formula is C13H14N2O2. The van der Waals surface area contributed by atoms with Crippen LogP contribution in [-0.4, -0.2) is 35.8 Å². The Balaban J connectivity index is 2.15. The molecule has 0 radical (unpaired) electrons. The van der Waals surface area contributed by atoms with Gasteiger partial charge in [0, 0.05) is 56.2 Å². The van der Waals surface area contributed by atoms with Crippen LogP contribution >= 0.6 is 0 Å². The van der Waals surface area contributed by atoms with Crippen LogP contribution < -0.4 is 0 Å². The van der Waals surface area contributed by atoms with E-state index in [1.807, 2.05) is 18.1 Å². The van der Waals surface area contributed by atoms with Crippen molar-refractivity contribution in [1.29, 1.82) is 0 Å². The second-order valence-electron chi connectivity index (χ2n) is 5.01. The van der Waals surface area contributed by atoms with E-state index in [-0.39, 0.29) is 11.6 Å². The molecule has 0 aromatic rings. The number of aliphatic imine (C=N–C) groups is 1. The Morgan fingerprint density at radius 1 is 1.35 bits per heavy atom. The summed E-state index contributed by atoms with van der Waals surface area (Å²) in [6.07, 6.45) is 6.61. The van der Waals surface area contributed by atoms with E-state index in [4.69, 9.17) is 0 Å². The zero-order valence-corrected chi connectivity index (χ0v) is 9.77. The number of hydrogen-bond donors (Lipinski definition) is 0. The highest BCUT2D eigenvalue weighted by Gasteiger charge is 2.50. The van der Waals surface area contributed by atoms with Crippen LogP contribution in [0.15, 0.2) is 29.0 Å². The highest BCUT2D eigenvalue weighted by Crippen LogP contribution is 2.45. The van der Waals surface area contributed by atoms with Gasteiger partial charge in [-0.25, -0.2) is 0 Å². The van der Waals surface area contributed by atoms with E-state index >= 15 is 0 Å². The molecule has 0 aromatic carbocycles. The van der Waals surface area contributed by atoms with Crippen molar-refractivity contribution in [2.45, 2.75) is 19.3 Å². The first-order chi connectivity index (χ1) is 8.12. The monoisotopic (exact) mass is 230 g/mol. The van der Waals surface area contributed by atoms with Crippen LogP contribution in [0.4, 0.5) is 0 Å². The summed E-state index contributed by atoms with van der Waals surface area (Å²) in [6, 6.07) is 0. The normalized spacial score (nSPS) is 31.7. The molecule has 0 aromatic heterocycles. The Kier molecular flexibility index (Phi) is 2.08. The molecule has 88 valence electrons. The largest absolute Gasteiger partial charge is 0.379 e. The Morgan fingerprint density at radius 3 is 3.00 bits per heavy atom. The number of allylic oxidation sites excluding steroid dienone is 1. The van der Waals surface area contributed by atoms with Crippen LogP contribution in [0.25, 0.3) is 0 Å². The van der Waals surface area contributed by atoms with Gasteiger partial charge in [-0.15, -0.1) is 0 Å². The first-order valence-corrected chi connectivity index (χ1v) is 5.84. The maximum absolute atomic E-state index is 12.0. The molecule has 1 atom stereocenters. The minimum atomic E-state index is -0.440. The van der Waals surface area contributed by atoms with Crippen molar-refractivity contribution in [3.63, 3.8) is 0 Å². The number of carbonyl (C=O) groups is 2. The standard InChI is InChI=1S/C13H14N2O2/c1-15-7-10-11(17)4-5-14-12-3-2-9(16)6-13(10,12)8-15/h4-5,7H,2-3,6,8H2,1H3. The molecule has 3 rings (SSSR count). The zero-order chi connectivity index (χ0) is 12.0. The van der Waals surface area contributed by atoms with Crippen LogP contribution in [0.5, 0.6) is 0 Å². The van der Waals surface area contributed by atoms with Crippen LogP contribution in [0.1, 0.15) is 19.3 Å². The topological polar surface area (TPSA) is 49.7 Å². The fourth-order valence-electron chi connectivity index (χ4n) is 3.09. The Hall–Kier alpha value is -1.71. The lowest BCUT2D eigenvalue weighted by molar-refractivity contribution is -0.121. The summed E-state index contributed by atoms with van der Waals surface area (Å²) >= 11 is 0. The van der Waals surface area contributed by atoms with Gasteiger partial charge in [-0.1, -0.05) is 0 Å². The molecule has 1 spiro atoms. The molecule has 1 fully saturated rings. The Morgan fingerprint density at radius 2 is 2.18 bits per heavy atom. The highest BCUT2D eigenvalue weighted by molar-refractivity contribution is 6.15. The maximum Gasteiger partial charge on any atom is 0.185 e. The lowest BCUT2D eigenvalue weighted by atomic mass is 9.67. The quantitative estimate of drug-likeness (QED) is 0.626. The number of rotatable bonds is 0. The molecule has 0 bridgehead atoms. The molecular weight excluding hydrogens is 216 g/mol. The van der Waals surface area contributed by atoms with Gasteiger partial charge in [0.25, 0.3) is 0 Å². The smallest absolute Gasteiger partial charge is 0.185 e. The van der Waals surface area contributed by atoms with E-state index < -0.39 is 5.41 Å². The molecule has 1 aliphatic carbocycles. The van der Waals surface area contributed by atoms with E-state index in [0.29, 0.717) is 25.8 Å². The van der Waals surface area contributed by atoms with E-state index in [9.17, 15) is 9.59 Å². The highest BCUT2D eigenvalue weighted by atomic mass is 16.1. The third-order valence-corrected chi connectivity index (χ3v) is 3.80. The number of ketones is 2. The molecule has 4 heteroatoms. The lowest BCUT2D eigenvalue weighted by Crippen LogP contribution is -2.43. The zero-order valence-electron chi connectivity index (χ0n) is 9.77. The van der Waals surface area contributed by atoms with Crippen molar-refractivity contribution < 1.29 is 9.59 Å². The van der Waals surface area contributed by atoms with E-state index in [0.717, 1.165) is 11.3 Å². The summed E-state index contributed by atoms with van der Waals surface area (Å²) in [5.74, 6) is 0.225. The summed E-state index contributed by atoms with van der Waals surface area (Å²) in [5.41, 5.74) is 1.29. The van der Waals surface area contributed by atoms with Crippen molar-refractivity contribution >= 4 is 17.3 Å². The average molecular weight is 230 g/mol. The van der Waals surface area contributed by atoms with Crippen molar-refractivity contribution in [2.24, 2.45) is 10.4 Å². The van der Waals surface area contributed by atoms with Crippen LogP contribution in [-0.2, 0) is 9.59 Å². The SMILES string of the molecule is CN1C=C2C(=O)C=CN=C3CCC(=O)CC23C1. The Bertz CT molecular complexity index is 502. The fourth-order valence-corrected chi connectivity index (χ4v) is 3.09. The van der Waals surface area contributed by atoms with Crippen molar-refractivity contribution in [2.75, 3.05) is 13.6 Å². The van der Waals surface area contributed by atoms with Crippen molar-refractivity contribution in [1.82, 2.24) is 4.90 Å². The molecule has 1 saturated carbocycles. The summed E-state index contributed by atoms with van der Waals surface area (Å²) in [7, 11) is 1.93. The molecule has 1 unspecified atom stereocenters. The van der Waals surface area contributed by atoms with Gasteiger partial charge < -0.3 is 4.90 Å². The summed E-state index contributed by atoms with van der Waals surface area (Å²) in [6.45, 7) is 0.695. The van der Waals surface area contributed by atoms with Gasteiger partial charge in [-0.05, 0) is 6.42 Å². The first kappa shape index (κ1) is 10.4. The van der Waals surface area contributed by atoms with Gasteiger partial charge in [-0.3, -0.25) is 14.6 Å². The summed E-state index contributed by atoms with van der Waals surface area (Å²) in [5, 5.41) is 0. The van der Waals surface area contributed by atoms with Gasteiger partial charge in [0.2, 0.25) is 0 Å². The predicted molar refractivity (Wildman–Crippen MR) is 63.6 cm³/mol. The van der Waals surface area contributed by atoms with E-state index in [2.05, 4.69) is 4.99 Å². The molecule has 2 heterocycles.